The van der Waals surface area contributed by atoms with Gasteiger partial charge in [0.25, 0.3) is 5.97 Å². The van der Waals surface area contributed by atoms with Crippen molar-refractivity contribution in [3.05, 3.63) is 0 Å². The molecule has 0 fully saturated rings. The molecule has 0 aromatic carbocycles. The Balaban J connectivity index is -0.000000161. The number of hydrogen-bond acceptors (Lipinski definition) is 31. The van der Waals surface area contributed by atoms with Crippen molar-refractivity contribution in [2.24, 2.45) is 0 Å². The summed E-state index contributed by atoms with van der Waals surface area (Å²) >= 11 is 0. The summed E-state index contributed by atoms with van der Waals surface area (Å²) in [7, 11) is 0. The Morgan fingerprint density at radius 1 is 0.297 bits per heavy atom. The second-order valence-corrected chi connectivity index (χ2v) is 12.3. The highest BCUT2D eigenvalue weighted by Crippen LogP contribution is 2.06. The molecule has 0 saturated heterocycles. The lowest BCUT2D eigenvalue weighted by molar-refractivity contribution is -0.136. The van der Waals surface area contributed by atoms with Crippen molar-refractivity contribution in [2.45, 2.75) is 129 Å². The number of aliphatic hydroxyl groups is 25. The van der Waals surface area contributed by atoms with Crippen LogP contribution in [0.1, 0.15) is 6.92 Å². The fourth-order valence-corrected chi connectivity index (χ4v) is 3.09. The average Bonchev–Trinajstić information content (AvgIpc) is 3.31. The van der Waals surface area contributed by atoms with Crippen molar-refractivity contribution in [1.29, 1.82) is 0 Å². The smallest absolute Gasteiger partial charge is 0.300 e. The minimum atomic E-state index is -1.79. The number of carboxylic acids is 1. The van der Waals surface area contributed by atoms with E-state index in [1.54, 1.807) is 0 Å². The van der Waals surface area contributed by atoms with Gasteiger partial charge in [0.1, 0.15) is 122 Å². The van der Waals surface area contributed by atoms with Crippen LogP contribution in [0.5, 0.6) is 0 Å². The standard InChI is InChI=1S/5C6H12O6.C2H4O2/c5*7-1-3(9)5(11)6(12)4(10)2-8;1-2(3)4/h5*1,3-6,8-12H,2H2;1H3,(H,3,4)/t5*3-,4+,5+,6+;/m00000./s1. The van der Waals surface area contributed by atoms with E-state index in [9.17, 15) is 24.0 Å². The Morgan fingerprint density at radius 2 is 0.391 bits per heavy atom. The average molecular weight is 961 g/mol. The van der Waals surface area contributed by atoms with Gasteiger partial charge >= 0.3 is 0 Å². The van der Waals surface area contributed by atoms with Crippen LogP contribution in [-0.2, 0) is 28.8 Å². The number of carboxylic acid groups (broad SMARTS) is 1. The third-order valence-electron chi connectivity index (χ3n) is 7.10. The van der Waals surface area contributed by atoms with E-state index in [0.29, 0.717) is 0 Å². The molecule has 32 heteroatoms. The number of carbonyl (C=O) groups excluding carboxylic acids is 5. The summed E-state index contributed by atoms with van der Waals surface area (Å²) in [6, 6.07) is 0. The molecule has 0 aromatic rings. The maximum Gasteiger partial charge on any atom is 0.300 e. The minimum Gasteiger partial charge on any atom is -0.481 e. The molecule has 0 saturated carbocycles. The predicted octanol–water partition coefficient (Wildman–Crippen LogP) is -16.8. The van der Waals surface area contributed by atoms with Gasteiger partial charge in [0.05, 0.1) is 33.0 Å². The van der Waals surface area contributed by atoms with Crippen LogP contribution >= 0.6 is 0 Å². The molecular formula is C32H64O32. The highest BCUT2D eigenvalue weighted by Gasteiger charge is 2.32. The van der Waals surface area contributed by atoms with Gasteiger partial charge < -0.3 is 157 Å². The zero-order valence-corrected chi connectivity index (χ0v) is 33.5. The maximum atomic E-state index is 9.90. The zero-order chi connectivity index (χ0) is 52.2. The lowest BCUT2D eigenvalue weighted by Crippen LogP contribution is -2.46. The van der Waals surface area contributed by atoms with E-state index in [1.165, 1.54) is 0 Å². The third kappa shape index (κ3) is 33.3. The largest absolute Gasteiger partial charge is 0.481 e. The van der Waals surface area contributed by atoms with Gasteiger partial charge in [0.2, 0.25) is 0 Å². The van der Waals surface area contributed by atoms with Gasteiger partial charge in [-0.1, -0.05) is 0 Å². The van der Waals surface area contributed by atoms with E-state index in [0.717, 1.165) is 6.92 Å². The van der Waals surface area contributed by atoms with Crippen molar-refractivity contribution < 1.29 is 162 Å². The molecular weight excluding hydrogens is 896 g/mol. The fourth-order valence-electron chi connectivity index (χ4n) is 3.09. The molecule has 0 rings (SSSR count). The molecule has 0 bridgehead atoms. The first-order valence-electron chi connectivity index (χ1n) is 17.6. The molecule has 0 spiro atoms. The van der Waals surface area contributed by atoms with Crippen molar-refractivity contribution in [1.82, 2.24) is 0 Å². The molecule has 384 valence electrons. The summed E-state index contributed by atoms with van der Waals surface area (Å²) in [4.78, 5) is 58.5. The molecule has 20 atom stereocenters. The number of aliphatic hydroxyl groups excluding tert-OH is 25. The monoisotopic (exact) mass is 960 g/mol. The predicted molar refractivity (Wildman–Crippen MR) is 199 cm³/mol. The summed E-state index contributed by atoms with van der Waals surface area (Å²) in [6.45, 7) is -2.72. The Hall–Kier alpha value is -3.18. The van der Waals surface area contributed by atoms with Crippen molar-refractivity contribution in [3.63, 3.8) is 0 Å². The second kappa shape index (κ2) is 42.5. The Kier molecular flexibility index (Phi) is 48.0. The summed E-state index contributed by atoms with van der Waals surface area (Å²) in [5.41, 5.74) is 0. The van der Waals surface area contributed by atoms with Gasteiger partial charge in [0, 0.05) is 6.92 Å². The van der Waals surface area contributed by atoms with Crippen LogP contribution < -0.4 is 0 Å². The van der Waals surface area contributed by atoms with Crippen LogP contribution in [0, 0.1) is 0 Å². The third-order valence-corrected chi connectivity index (χ3v) is 7.10. The fraction of sp³-hybridized carbons (Fsp3) is 0.812. The number of carbonyl (C=O) groups is 6. The zero-order valence-electron chi connectivity index (χ0n) is 33.5. The number of rotatable bonds is 25. The van der Waals surface area contributed by atoms with Gasteiger partial charge in [-0.15, -0.1) is 0 Å². The molecule has 64 heavy (non-hydrogen) atoms. The van der Waals surface area contributed by atoms with E-state index < -0.39 is 161 Å². The second-order valence-electron chi connectivity index (χ2n) is 12.3. The Bertz CT molecular complexity index is 966. The molecule has 0 heterocycles. The molecule has 26 N–H and O–H groups in total. The van der Waals surface area contributed by atoms with Gasteiger partial charge in [-0.25, -0.2) is 0 Å². The van der Waals surface area contributed by atoms with Crippen molar-refractivity contribution in [3.8, 4) is 0 Å². The number of aliphatic carboxylic acids is 1. The van der Waals surface area contributed by atoms with E-state index in [-0.39, 0.29) is 31.4 Å². The molecule has 0 radical (unpaired) electrons. The van der Waals surface area contributed by atoms with Gasteiger partial charge in [-0.05, 0) is 0 Å². The summed E-state index contributed by atoms with van der Waals surface area (Å²) in [5, 5.41) is 225. The lowest BCUT2D eigenvalue weighted by atomic mass is 10.0. The number of aldehydes is 5. The van der Waals surface area contributed by atoms with Crippen LogP contribution in [0.4, 0.5) is 0 Å². The quantitative estimate of drug-likeness (QED) is 0.0378. The maximum absolute atomic E-state index is 9.90. The van der Waals surface area contributed by atoms with Gasteiger partial charge in [-0.2, -0.15) is 0 Å². The number of hydrogen-bond donors (Lipinski definition) is 26. The first-order chi connectivity index (χ1) is 29.4. The molecule has 0 aliphatic carbocycles. The molecule has 0 aliphatic heterocycles. The molecule has 0 aliphatic rings. The van der Waals surface area contributed by atoms with Crippen LogP contribution in [0.15, 0.2) is 0 Å². The van der Waals surface area contributed by atoms with Crippen molar-refractivity contribution >= 4 is 37.4 Å². The normalized spacial score (nSPS) is 20.2. The lowest BCUT2D eigenvalue weighted by Gasteiger charge is -2.22. The van der Waals surface area contributed by atoms with Gasteiger partial charge in [0.15, 0.2) is 31.4 Å². The highest BCUT2D eigenvalue weighted by atomic mass is 16.4. The molecule has 0 amide bonds. The van der Waals surface area contributed by atoms with Crippen LogP contribution in [0.3, 0.4) is 0 Å². The molecule has 0 unspecified atom stereocenters. The summed E-state index contributed by atoms with van der Waals surface area (Å²) in [5.74, 6) is -0.833. The topological polar surface area (TPSA) is 628 Å². The Labute approximate surface area is 361 Å². The molecule has 32 nitrogen and oxygen atoms in total. The van der Waals surface area contributed by atoms with E-state index in [1.807, 2.05) is 0 Å². The van der Waals surface area contributed by atoms with Gasteiger partial charge in [-0.3, -0.25) is 4.79 Å². The highest BCUT2D eigenvalue weighted by molar-refractivity contribution is 5.63. The van der Waals surface area contributed by atoms with Crippen LogP contribution in [-0.4, -0.2) is 325 Å². The van der Waals surface area contributed by atoms with Crippen molar-refractivity contribution in [2.75, 3.05) is 33.0 Å². The van der Waals surface area contributed by atoms with E-state index >= 15 is 0 Å². The van der Waals surface area contributed by atoms with E-state index in [2.05, 4.69) is 0 Å². The summed E-state index contributed by atoms with van der Waals surface area (Å²) < 4.78 is 0. The van der Waals surface area contributed by atoms with E-state index in [4.69, 9.17) is 138 Å². The SMILES string of the molecule is CC(=O)O.O=C[C@H](O)[C@@H](O)[C@H](O)[C@H](O)CO.O=C[C@H](O)[C@@H](O)[C@H](O)[C@H](O)CO.O=C[C@H](O)[C@@H](O)[C@H](O)[C@H](O)CO.O=C[C@H](O)[C@@H](O)[C@H](O)[C@H](O)CO.O=C[C@H](O)[C@@H](O)[C@H](O)[C@H](O)CO. The van der Waals surface area contributed by atoms with Crippen LogP contribution in [0.25, 0.3) is 0 Å². The molecule has 0 aromatic heterocycles. The Morgan fingerprint density at radius 3 is 0.453 bits per heavy atom. The minimum absolute atomic E-state index is 0.0258. The van der Waals surface area contributed by atoms with Crippen LogP contribution in [0.2, 0.25) is 0 Å². The first-order valence-corrected chi connectivity index (χ1v) is 17.6. The summed E-state index contributed by atoms with van der Waals surface area (Å²) in [6.07, 6.45) is -34.2. The first kappa shape index (κ1) is 72.4.